The van der Waals surface area contributed by atoms with Crippen molar-refractivity contribution in [3.63, 3.8) is 0 Å². The number of hydrogen-bond acceptors (Lipinski definition) is 3. The summed E-state index contributed by atoms with van der Waals surface area (Å²) < 4.78 is 0. The van der Waals surface area contributed by atoms with Crippen LogP contribution in [0.15, 0.2) is 30.3 Å². The molecule has 124 valence electrons. The lowest BCUT2D eigenvalue weighted by molar-refractivity contribution is -0.129. The van der Waals surface area contributed by atoms with Crippen LogP contribution in [0.2, 0.25) is 0 Å². The molecule has 1 heterocycles. The van der Waals surface area contributed by atoms with E-state index in [1.165, 1.54) is 12.8 Å². The molecule has 1 aromatic carbocycles. The maximum atomic E-state index is 13.0. The lowest BCUT2D eigenvalue weighted by Crippen LogP contribution is -2.61. The summed E-state index contributed by atoms with van der Waals surface area (Å²) >= 11 is 1.69. The maximum Gasteiger partial charge on any atom is 0.247 e. The lowest BCUT2D eigenvalue weighted by Gasteiger charge is -2.39. The molecule has 0 aromatic heterocycles. The van der Waals surface area contributed by atoms with Crippen LogP contribution >= 0.6 is 11.8 Å². The van der Waals surface area contributed by atoms with Crippen LogP contribution in [0.4, 0.5) is 5.69 Å². The molecule has 0 spiro atoms. The Kier molecular flexibility index (Phi) is 4.95. The summed E-state index contributed by atoms with van der Waals surface area (Å²) in [6.45, 7) is 1.90. The van der Waals surface area contributed by atoms with Gasteiger partial charge in [-0.15, -0.1) is 0 Å². The number of anilines is 1. The number of amides is 2. The Morgan fingerprint density at radius 1 is 1.26 bits per heavy atom. The van der Waals surface area contributed by atoms with Crippen molar-refractivity contribution in [1.29, 1.82) is 0 Å². The summed E-state index contributed by atoms with van der Waals surface area (Å²) in [4.78, 5) is 27.5. The van der Waals surface area contributed by atoms with Crippen molar-refractivity contribution in [1.82, 2.24) is 5.32 Å². The van der Waals surface area contributed by atoms with E-state index in [1.807, 2.05) is 37.3 Å². The SMILES string of the molecule is CC1(C(=O)NC2CCCC2)CSCCC(=O)N1c1ccccc1. The van der Waals surface area contributed by atoms with Gasteiger partial charge in [0.1, 0.15) is 5.54 Å². The van der Waals surface area contributed by atoms with Gasteiger partial charge in [0, 0.05) is 29.7 Å². The van der Waals surface area contributed by atoms with Crippen LogP contribution in [0.3, 0.4) is 0 Å². The molecule has 23 heavy (non-hydrogen) atoms. The van der Waals surface area contributed by atoms with Crippen LogP contribution in [0.5, 0.6) is 0 Å². The molecule has 1 atom stereocenters. The first-order valence-electron chi connectivity index (χ1n) is 8.38. The van der Waals surface area contributed by atoms with Gasteiger partial charge in [-0.3, -0.25) is 14.5 Å². The van der Waals surface area contributed by atoms with Gasteiger partial charge in [0.05, 0.1) is 0 Å². The third-order valence-corrected chi connectivity index (χ3v) is 6.04. The third kappa shape index (κ3) is 3.39. The Hall–Kier alpha value is -1.49. The minimum Gasteiger partial charge on any atom is -0.351 e. The predicted molar refractivity (Wildman–Crippen MR) is 94.7 cm³/mol. The first-order valence-corrected chi connectivity index (χ1v) is 9.53. The van der Waals surface area contributed by atoms with Crippen LogP contribution in [-0.4, -0.2) is 34.9 Å². The van der Waals surface area contributed by atoms with E-state index in [0.29, 0.717) is 12.2 Å². The highest BCUT2D eigenvalue weighted by molar-refractivity contribution is 7.99. The molecule has 3 rings (SSSR count). The Balaban J connectivity index is 1.90. The monoisotopic (exact) mass is 332 g/mol. The number of carbonyl (C=O) groups is 2. The highest BCUT2D eigenvalue weighted by Crippen LogP contribution is 2.32. The average molecular weight is 332 g/mol. The second-order valence-corrected chi connectivity index (χ2v) is 7.70. The number of hydrogen-bond donors (Lipinski definition) is 1. The molecule has 4 nitrogen and oxygen atoms in total. The van der Waals surface area contributed by atoms with Gasteiger partial charge in [0.25, 0.3) is 0 Å². The number of para-hydroxylation sites is 1. The van der Waals surface area contributed by atoms with E-state index < -0.39 is 5.54 Å². The van der Waals surface area contributed by atoms with Gasteiger partial charge in [-0.25, -0.2) is 0 Å². The molecule has 1 saturated heterocycles. The van der Waals surface area contributed by atoms with Gasteiger partial charge >= 0.3 is 0 Å². The molecular weight excluding hydrogens is 308 g/mol. The van der Waals surface area contributed by atoms with Gasteiger partial charge in [-0.1, -0.05) is 31.0 Å². The number of carbonyl (C=O) groups excluding carboxylic acids is 2. The summed E-state index contributed by atoms with van der Waals surface area (Å²) in [7, 11) is 0. The summed E-state index contributed by atoms with van der Waals surface area (Å²) in [5.74, 6) is 1.42. The Bertz CT molecular complexity index is 572. The fraction of sp³-hybridized carbons (Fsp3) is 0.556. The molecular formula is C18H24N2O2S. The molecule has 1 saturated carbocycles. The average Bonchev–Trinajstić information content (AvgIpc) is 3.00. The van der Waals surface area contributed by atoms with E-state index in [9.17, 15) is 9.59 Å². The van der Waals surface area contributed by atoms with Gasteiger partial charge in [-0.05, 0) is 31.9 Å². The number of nitrogens with zero attached hydrogens (tertiary/aromatic N) is 1. The Morgan fingerprint density at radius 3 is 2.65 bits per heavy atom. The molecule has 2 amide bonds. The van der Waals surface area contributed by atoms with Crippen molar-refractivity contribution in [2.45, 2.75) is 50.6 Å². The molecule has 1 aromatic rings. The van der Waals surface area contributed by atoms with Crippen molar-refractivity contribution in [2.24, 2.45) is 0 Å². The van der Waals surface area contributed by atoms with E-state index in [0.717, 1.165) is 24.3 Å². The number of nitrogens with one attached hydrogen (secondary N) is 1. The van der Waals surface area contributed by atoms with E-state index in [-0.39, 0.29) is 17.9 Å². The van der Waals surface area contributed by atoms with E-state index in [2.05, 4.69) is 5.32 Å². The fourth-order valence-electron chi connectivity index (χ4n) is 3.47. The van der Waals surface area contributed by atoms with Crippen molar-refractivity contribution in [2.75, 3.05) is 16.4 Å². The first-order chi connectivity index (χ1) is 11.1. The van der Waals surface area contributed by atoms with E-state index >= 15 is 0 Å². The van der Waals surface area contributed by atoms with Crippen LogP contribution in [-0.2, 0) is 9.59 Å². The maximum absolute atomic E-state index is 13.0. The van der Waals surface area contributed by atoms with Gasteiger partial charge in [-0.2, -0.15) is 11.8 Å². The predicted octanol–water partition coefficient (Wildman–Crippen LogP) is 2.97. The van der Waals surface area contributed by atoms with Crippen molar-refractivity contribution >= 4 is 29.3 Å². The first kappa shape index (κ1) is 16.4. The molecule has 1 aliphatic carbocycles. The second-order valence-electron chi connectivity index (χ2n) is 6.60. The molecule has 1 N–H and O–H groups in total. The number of thioether (sulfide) groups is 1. The summed E-state index contributed by atoms with van der Waals surface area (Å²) in [6.07, 6.45) is 4.93. The van der Waals surface area contributed by atoms with Crippen LogP contribution in [0, 0.1) is 0 Å². The van der Waals surface area contributed by atoms with Crippen molar-refractivity contribution in [3.05, 3.63) is 30.3 Å². The molecule has 1 aliphatic heterocycles. The van der Waals surface area contributed by atoms with Gasteiger partial charge < -0.3 is 5.32 Å². The highest BCUT2D eigenvalue weighted by Gasteiger charge is 2.45. The lowest BCUT2D eigenvalue weighted by atomic mass is 9.98. The second kappa shape index (κ2) is 6.95. The largest absolute Gasteiger partial charge is 0.351 e. The molecule has 2 aliphatic rings. The smallest absolute Gasteiger partial charge is 0.247 e. The number of rotatable bonds is 3. The van der Waals surface area contributed by atoms with Crippen molar-refractivity contribution in [3.8, 4) is 0 Å². The zero-order chi connectivity index (χ0) is 16.3. The quantitative estimate of drug-likeness (QED) is 0.926. The molecule has 1 unspecified atom stereocenters. The zero-order valence-corrected chi connectivity index (χ0v) is 14.4. The van der Waals surface area contributed by atoms with E-state index in [1.54, 1.807) is 16.7 Å². The van der Waals surface area contributed by atoms with Gasteiger partial charge in [0.2, 0.25) is 11.8 Å². The third-order valence-electron chi connectivity index (χ3n) is 4.78. The molecule has 5 heteroatoms. The zero-order valence-electron chi connectivity index (χ0n) is 13.6. The Morgan fingerprint density at radius 2 is 1.96 bits per heavy atom. The highest BCUT2D eigenvalue weighted by atomic mass is 32.2. The minimum absolute atomic E-state index is 0.0176. The molecule has 0 radical (unpaired) electrons. The van der Waals surface area contributed by atoms with Crippen molar-refractivity contribution < 1.29 is 9.59 Å². The van der Waals surface area contributed by atoms with Crippen LogP contribution < -0.4 is 10.2 Å². The summed E-state index contributed by atoms with van der Waals surface area (Å²) in [5, 5.41) is 3.19. The standard InChI is InChI=1S/C18H24N2O2S/c1-18(17(22)19-14-7-5-6-8-14)13-23-12-11-16(21)20(18)15-9-3-2-4-10-15/h2-4,9-10,14H,5-8,11-13H2,1H3,(H,19,22). The number of benzene rings is 1. The van der Waals surface area contributed by atoms with Crippen LogP contribution in [0.25, 0.3) is 0 Å². The minimum atomic E-state index is -0.831. The van der Waals surface area contributed by atoms with Gasteiger partial charge in [0.15, 0.2) is 0 Å². The fourth-order valence-corrected chi connectivity index (χ4v) is 4.59. The topological polar surface area (TPSA) is 49.4 Å². The summed E-state index contributed by atoms with van der Waals surface area (Å²) in [6, 6.07) is 9.84. The Labute approximate surface area is 142 Å². The summed E-state index contributed by atoms with van der Waals surface area (Å²) in [5.41, 5.74) is -0.0218. The molecule has 0 bridgehead atoms. The van der Waals surface area contributed by atoms with E-state index in [4.69, 9.17) is 0 Å². The normalized spacial score (nSPS) is 26.1. The molecule has 2 fully saturated rings. The van der Waals surface area contributed by atoms with Crippen LogP contribution in [0.1, 0.15) is 39.0 Å².